The largest absolute Gasteiger partial charge is 0.285 e. The molecule has 18 heavy (non-hydrogen) atoms. The van der Waals surface area contributed by atoms with Gasteiger partial charge in [0.15, 0.2) is 0 Å². The first kappa shape index (κ1) is 11.5. The van der Waals surface area contributed by atoms with Crippen molar-refractivity contribution in [2.75, 3.05) is 5.75 Å². The maximum atomic E-state index is 11.5. The van der Waals surface area contributed by atoms with Crippen LogP contribution in [0.15, 0.2) is 47.5 Å². The van der Waals surface area contributed by atoms with E-state index in [4.69, 9.17) is 0 Å². The second-order valence-electron chi connectivity index (χ2n) is 4.32. The molecule has 3 rings (SSSR count). The highest BCUT2D eigenvalue weighted by molar-refractivity contribution is 8.14. The third-order valence-electron chi connectivity index (χ3n) is 3.12. The van der Waals surface area contributed by atoms with E-state index in [1.54, 1.807) is 0 Å². The molecule has 3 heteroatoms. The molecule has 1 fully saturated rings. The number of hydrogen-bond donors (Lipinski definition) is 0. The molecule has 0 unspecified atom stereocenters. The molecule has 2 aromatic carbocycles. The number of fused-ring (bicyclic) bond motifs is 1. The second kappa shape index (κ2) is 4.94. The fourth-order valence-corrected chi connectivity index (χ4v) is 3.07. The van der Waals surface area contributed by atoms with Gasteiger partial charge in [0.1, 0.15) is 6.04 Å². The third-order valence-corrected chi connectivity index (χ3v) is 4.12. The number of rotatable bonds is 2. The molecule has 1 atom stereocenters. The van der Waals surface area contributed by atoms with Gasteiger partial charge in [-0.15, -0.1) is 0 Å². The van der Waals surface area contributed by atoms with Crippen molar-refractivity contribution in [1.82, 2.24) is 0 Å². The Morgan fingerprint density at radius 2 is 2.00 bits per heavy atom. The van der Waals surface area contributed by atoms with Gasteiger partial charge in [0.05, 0.1) is 0 Å². The Hall–Kier alpha value is -1.61. The summed E-state index contributed by atoms with van der Waals surface area (Å²) in [6.45, 7) is 0. The van der Waals surface area contributed by atoms with Crippen LogP contribution < -0.4 is 0 Å². The Labute approximate surface area is 110 Å². The molecule has 1 aliphatic rings. The SMILES string of the molecule is O=C1SCC[C@H]1N=Cc1cccc2ccccc12. The van der Waals surface area contributed by atoms with Crippen LogP contribution in [0.5, 0.6) is 0 Å². The van der Waals surface area contributed by atoms with Crippen molar-refractivity contribution in [2.24, 2.45) is 4.99 Å². The van der Waals surface area contributed by atoms with E-state index in [-0.39, 0.29) is 11.2 Å². The average Bonchev–Trinajstić information content (AvgIpc) is 2.82. The van der Waals surface area contributed by atoms with Crippen LogP contribution in [0.25, 0.3) is 10.8 Å². The maximum absolute atomic E-state index is 11.5. The van der Waals surface area contributed by atoms with Gasteiger partial charge in [-0.2, -0.15) is 0 Å². The van der Waals surface area contributed by atoms with E-state index < -0.39 is 0 Å². The third kappa shape index (κ3) is 2.18. The van der Waals surface area contributed by atoms with Crippen LogP contribution in [-0.4, -0.2) is 23.1 Å². The van der Waals surface area contributed by atoms with Crippen LogP contribution in [-0.2, 0) is 4.79 Å². The van der Waals surface area contributed by atoms with Crippen LogP contribution in [0, 0.1) is 0 Å². The maximum Gasteiger partial charge on any atom is 0.213 e. The fourth-order valence-electron chi connectivity index (χ4n) is 2.15. The Balaban J connectivity index is 1.95. The van der Waals surface area contributed by atoms with E-state index >= 15 is 0 Å². The van der Waals surface area contributed by atoms with Gasteiger partial charge in [-0.1, -0.05) is 54.2 Å². The van der Waals surface area contributed by atoms with Crippen molar-refractivity contribution >= 4 is 33.9 Å². The monoisotopic (exact) mass is 255 g/mol. The highest BCUT2D eigenvalue weighted by atomic mass is 32.2. The highest BCUT2D eigenvalue weighted by Gasteiger charge is 2.23. The average molecular weight is 255 g/mol. The predicted molar refractivity (Wildman–Crippen MR) is 77.4 cm³/mol. The molecule has 0 bridgehead atoms. The van der Waals surface area contributed by atoms with E-state index in [0.717, 1.165) is 17.7 Å². The first-order valence-electron chi connectivity index (χ1n) is 6.02. The van der Waals surface area contributed by atoms with E-state index in [1.807, 2.05) is 30.5 Å². The zero-order valence-corrected chi connectivity index (χ0v) is 10.7. The van der Waals surface area contributed by atoms with Gasteiger partial charge >= 0.3 is 0 Å². The summed E-state index contributed by atoms with van der Waals surface area (Å²) in [6.07, 6.45) is 2.71. The first-order chi connectivity index (χ1) is 8.84. The van der Waals surface area contributed by atoms with E-state index in [1.165, 1.54) is 22.5 Å². The Bertz CT molecular complexity index is 615. The lowest BCUT2D eigenvalue weighted by atomic mass is 10.1. The van der Waals surface area contributed by atoms with Gasteiger partial charge in [-0.25, -0.2) is 0 Å². The fraction of sp³-hybridized carbons (Fsp3) is 0.200. The normalized spacial score (nSPS) is 20.0. The minimum atomic E-state index is -0.144. The molecule has 2 aromatic rings. The topological polar surface area (TPSA) is 29.4 Å². The van der Waals surface area contributed by atoms with Crippen molar-refractivity contribution in [3.05, 3.63) is 48.0 Å². The quantitative estimate of drug-likeness (QED) is 0.771. The number of carbonyl (C=O) groups is 1. The minimum Gasteiger partial charge on any atom is -0.285 e. The lowest BCUT2D eigenvalue weighted by Gasteiger charge is -2.03. The summed E-state index contributed by atoms with van der Waals surface area (Å²) >= 11 is 1.39. The summed E-state index contributed by atoms with van der Waals surface area (Å²) in [4.78, 5) is 15.9. The lowest BCUT2D eigenvalue weighted by Crippen LogP contribution is -2.08. The van der Waals surface area contributed by atoms with Crippen LogP contribution in [0.3, 0.4) is 0 Å². The van der Waals surface area contributed by atoms with Crippen molar-refractivity contribution in [2.45, 2.75) is 12.5 Å². The van der Waals surface area contributed by atoms with Gasteiger partial charge in [0.25, 0.3) is 0 Å². The molecule has 0 aliphatic carbocycles. The molecule has 0 radical (unpaired) electrons. The molecule has 1 aliphatic heterocycles. The number of hydrogen-bond acceptors (Lipinski definition) is 3. The zero-order valence-electron chi connectivity index (χ0n) is 9.87. The van der Waals surface area contributed by atoms with Crippen molar-refractivity contribution in [1.29, 1.82) is 0 Å². The van der Waals surface area contributed by atoms with Crippen molar-refractivity contribution < 1.29 is 4.79 Å². The smallest absolute Gasteiger partial charge is 0.213 e. The number of benzene rings is 2. The second-order valence-corrected chi connectivity index (χ2v) is 5.42. The molecular weight excluding hydrogens is 242 g/mol. The van der Waals surface area contributed by atoms with Crippen LogP contribution in [0.1, 0.15) is 12.0 Å². The molecule has 90 valence electrons. The molecule has 0 N–H and O–H groups in total. The summed E-state index contributed by atoms with van der Waals surface area (Å²) in [5, 5.41) is 2.59. The Morgan fingerprint density at radius 1 is 1.17 bits per heavy atom. The van der Waals surface area contributed by atoms with Gasteiger partial charge < -0.3 is 0 Å². The highest BCUT2D eigenvalue weighted by Crippen LogP contribution is 2.23. The molecule has 0 saturated carbocycles. The standard InChI is InChI=1S/C15H13NOS/c17-15-14(8-9-18-15)16-10-12-6-3-5-11-4-1-2-7-13(11)12/h1-7,10,14H,8-9H2/t14-/m1/s1. The van der Waals surface area contributed by atoms with Gasteiger partial charge in [0, 0.05) is 17.5 Å². The van der Waals surface area contributed by atoms with Gasteiger partial charge in [-0.3, -0.25) is 9.79 Å². The molecular formula is C15H13NOS. The molecule has 1 heterocycles. The summed E-state index contributed by atoms with van der Waals surface area (Å²) in [5.74, 6) is 0.899. The number of aliphatic imine (C=N–C) groups is 1. The predicted octanol–water partition coefficient (Wildman–Crippen LogP) is 3.29. The van der Waals surface area contributed by atoms with Gasteiger partial charge in [0.2, 0.25) is 5.12 Å². The van der Waals surface area contributed by atoms with E-state index in [0.29, 0.717) is 0 Å². The first-order valence-corrected chi connectivity index (χ1v) is 7.01. The minimum absolute atomic E-state index is 0.144. The summed E-state index contributed by atoms with van der Waals surface area (Å²) in [6, 6.07) is 14.2. The summed E-state index contributed by atoms with van der Waals surface area (Å²) in [7, 11) is 0. The number of thioether (sulfide) groups is 1. The lowest BCUT2D eigenvalue weighted by molar-refractivity contribution is -0.111. The van der Waals surface area contributed by atoms with Gasteiger partial charge in [-0.05, 0) is 17.2 Å². The van der Waals surface area contributed by atoms with E-state index in [2.05, 4.69) is 23.2 Å². The molecule has 1 saturated heterocycles. The molecule has 0 spiro atoms. The Kier molecular flexibility index (Phi) is 3.15. The molecule has 0 amide bonds. The summed E-state index contributed by atoms with van der Waals surface area (Å²) < 4.78 is 0. The van der Waals surface area contributed by atoms with Crippen molar-refractivity contribution in [3.8, 4) is 0 Å². The Morgan fingerprint density at radius 3 is 2.83 bits per heavy atom. The summed E-state index contributed by atoms with van der Waals surface area (Å²) in [5.41, 5.74) is 1.08. The van der Waals surface area contributed by atoms with Crippen LogP contribution in [0.4, 0.5) is 0 Å². The molecule has 0 aromatic heterocycles. The number of carbonyl (C=O) groups excluding carboxylic acids is 1. The van der Waals surface area contributed by atoms with E-state index in [9.17, 15) is 4.79 Å². The number of nitrogens with zero attached hydrogens (tertiary/aromatic N) is 1. The van der Waals surface area contributed by atoms with Crippen molar-refractivity contribution in [3.63, 3.8) is 0 Å². The zero-order chi connectivity index (χ0) is 12.4. The van der Waals surface area contributed by atoms with Crippen LogP contribution >= 0.6 is 11.8 Å². The molecule has 2 nitrogen and oxygen atoms in total. The van der Waals surface area contributed by atoms with Crippen LogP contribution in [0.2, 0.25) is 0 Å².